The summed E-state index contributed by atoms with van der Waals surface area (Å²) in [4.78, 5) is 9.61. The first kappa shape index (κ1) is 19.3. The molecule has 0 aliphatic heterocycles. The lowest BCUT2D eigenvalue weighted by molar-refractivity contribution is 1.25. The van der Waals surface area contributed by atoms with E-state index in [1.165, 1.54) is 43.8 Å². The van der Waals surface area contributed by atoms with Crippen molar-refractivity contribution in [2.45, 2.75) is 6.92 Å². The summed E-state index contributed by atoms with van der Waals surface area (Å²) in [7, 11) is 0. The molecule has 0 saturated carbocycles. The van der Waals surface area contributed by atoms with Gasteiger partial charge >= 0.3 is 0 Å². The molecule has 0 spiro atoms. The number of rotatable bonds is 2. The van der Waals surface area contributed by atoms with Crippen LogP contribution in [0.4, 0.5) is 0 Å². The third kappa shape index (κ3) is 2.93. The number of aromatic nitrogens is 3. The Bertz CT molecular complexity index is 1850. The zero-order valence-corrected chi connectivity index (χ0v) is 19.3. The molecular weight excluding hydrogens is 434 g/mol. The van der Waals surface area contributed by atoms with E-state index in [0.717, 1.165) is 38.6 Å². The van der Waals surface area contributed by atoms with E-state index in [1.54, 1.807) is 0 Å². The highest BCUT2D eigenvalue weighted by Crippen LogP contribution is 2.38. The van der Waals surface area contributed by atoms with Crippen molar-refractivity contribution in [3.05, 3.63) is 103 Å². The molecule has 34 heavy (non-hydrogen) atoms. The van der Waals surface area contributed by atoms with E-state index in [-0.39, 0.29) is 0 Å². The van der Waals surface area contributed by atoms with E-state index in [2.05, 4.69) is 83.8 Å². The van der Waals surface area contributed by atoms with Crippen LogP contribution in [0.5, 0.6) is 0 Å². The number of hydrogen-bond donors (Lipinski definition) is 0. The first-order valence-electron chi connectivity index (χ1n) is 11.3. The molecule has 2 aromatic heterocycles. The molecule has 3 nitrogen and oxygen atoms in total. The predicted molar refractivity (Wildman–Crippen MR) is 143 cm³/mol. The van der Waals surface area contributed by atoms with Crippen LogP contribution in [0.2, 0.25) is 0 Å². The second-order valence-electron chi connectivity index (χ2n) is 8.60. The van der Waals surface area contributed by atoms with Crippen LogP contribution in [0.3, 0.4) is 0 Å². The van der Waals surface area contributed by atoms with Crippen LogP contribution < -0.4 is 0 Å². The second-order valence-corrected chi connectivity index (χ2v) is 9.35. The zero-order valence-electron chi connectivity index (χ0n) is 18.5. The highest BCUT2D eigenvalue weighted by molar-refractivity contribution is 7.09. The lowest BCUT2D eigenvalue weighted by Gasteiger charge is -2.11. The van der Waals surface area contributed by atoms with E-state index in [1.807, 2.05) is 25.1 Å². The average molecular weight is 454 g/mol. The van der Waals surface area contributed by atoms with Crippen LogP contribution in [-0.4, -0.2) is 14.3 Å². The molecule has 0 atom stereocenters. The fourth-order valence-electron chi connectivity index (χ4n) is 4.94. The molecular formula is C30H19N3S. The molecule has 0 radical (unpaired) electrons. The van der Waals surface area contributed by atoms with Gasteiger partial charge in [0.15, 0.2) is 5.82 Å². The van der Waals surface area contributed by atoms with Crippen molar-refractivity contribution in [3.63, 3.8) is 0 Å². The Kier molecular flexibility index (Phi) is 4.23. The maximum Gasteiger partial charge on any atom is 0.174 e. The standard InChI is InChI=1S/C30H19N3S/c1-18-13-15-25-26(11-6-12-28(25)31-18)29-32-30(34-33-29)19-14-16-24-22-9-3-2-7-20(22)21-8-4-5-10-23(21)27(24)17-19/h2-17H,1H3. The molecule has 0 bridgehead atoms. The van der Waals surface area contributed by atoms with Crippen molar-refractivity contribution in [2.24, 2.45) is 0 Å². The summed E-state index contributed by atoms with van der Waals surface area (Å²) in [6.45, 7) is 2.01. The molecule has 0 aliphatic carbocycles. The number of fused-ring (bicyclic) bond motifs is 7. The van der Waals surface area contributed by atoms with E-state index in [0.29, 0.717) is 0 Å². The summed E-state index contributed by atoms with van der Waals surface area (Å²) in [5.74, 6) is 0.750. The Labute approximate surface area is 200 Å². The summed E-state index contributed by atoms with van der Waals surface area (Å²) in [5.41, 5.74) is 4.08. The van der Waals surface area contributed by atoms with Crippen LogP contribution >= 0.6 is 11.5 Å². The van der Waals surface area contributed by atoms with Gasteiger partial charge in [-0.2, -0.15) is 4.37 Å². The van der Waals surface area contributed by atoms with Gasteiger partial charge in [-0.25, -0.2) is 4.98 Å². The van der Waals surface area contributed by atoms with Crippen LogP contribution in [0.1, 0.15) is 5.69 Å². The monoisotopic (exact) mass is 453 g/mol. The number of hydrogen-bond acceptors (Lipinski definition) is 4. The number of pyridine rings is 1. The van der Waals surface area contributed by atoms with Gasteiger partial charge in [0.25, 0.3) is 0 Å². The van der Waals surface area contributed by atoms with Crippen molar-refractivity contribution >= 4 is 54.8 Å². The molecule has 5 aromatic carbocycles. The van der Waals surface area contributed by atoms with E-state index < -0.39 is 0 Å². The Hall–Kier alpha value is -4.15. The number of benzene rings is 5. The topological polar surface area (TPSA) is 38.7 Å². The van der Waals surface area contributed by atoms with E-state index >= 15 is 0 Å². The quantitative estimate of drug-likeness (QED) is 0.248. The Morgan fingerprint density at radius 2 is 1.21 bits per heavy atom. The highest BCUT2D eigenvalue weighted by atomic mass is 32.1. The molecule has 0 amide bonds. The first-order valence-corrected chi connectivity index (χ1v) is 12.1. The van der Waals surface area contributed by atoms with Gasteiger partial charge in [-0.1, -0.05) is 78.9 Å². The molecule has 7 aromatic rings. The van der Waals surface area contributed by atoms with Crippen molar-refractivity contribution in [3.8, 4) is 22.0 Å². The van der Waals surface area contributed by atoms with Crippen LogP contribution in [0.25, 0.3) is 65.2 Å². The third-order valence-electron chi connectivity index (χ3n) is 6.53. The second kappa shape index (κ2) is 7.44. The zero-order chi connectivity index (χ0) is 22.6. The van der Waals surface area contributed by atoms with Crippen LogP contribution in [0, 0.1) is 6.92 Å². The molecule has 160 valence electrons. The molecule has 0 saturated heterocycles. The summed E-state index contributed by atoms with van der Waals surface area (Å²) in [5, 5.41) is 9.61. The highest BCUT2D eigenvalue weighted by Gasteiger charge is 2.14. The number of nitrogens with zero attached hydrogens (tertiary/aromatic N) is 3. The Morgan fingerprint density at radius 3 is 1.94 bits per heavy atom. The first-order chi connectivity index (χ1) is 16.8. The minimum Gasteiger partial charge on any atom is -0.253 e. The molecule has 0 unspecified atom stereocenters. The lowest BCUT2D eigenvalue weighted by Crippen LogP contribution is -1.88. The largest absolute Gasteiger partial charge is 0.253 e. The van der Waals surface area contributed by atoms with E-state index in [4.69, 9.17) is 9.36 Å². The van der Waals surface area contributed by atoms with Gasteiger partial charge in [0, 0.05) is 22.2 Å². The smallest absolute Gasteiger partial charge is 0.174 e. The SMILES string of the molecule is Cc1ccc2c(-c3nsc(-c4ccc5c6ccccc6c6ccccc6c5c4)n3)cccc2n1. The molecule has 7 rings (SSSR count). The average Bonchev–Trinajstić information content (AvgIpc) is 3.38. The van der Waals surface area contributed by atoms with Crippen molar-refractivity contribution in [1.82, 2.24) is 14.3 Å². The third-order valence-corrected chi connectivity index (χ3v) is 7.29. The van der Waals surface area contributed by atoms with Gasteiger partial charge in [0.2, 0.25) is 0 Å². The summed E-state index contributed by atoms with van der Waals surface area (Å²) >= 11 is 1.45. The van der Waals surface area contributed by atoms with Gasteiger partial charge in [0.1, 0.15) is 5.01 Å². The minimum absolute atomic E-state index is 0.750. The van der Waals surface area contributed by atoms with Gasteiger partial charge in [-0.05, 0) is 69.0 Å². The summed E-state index contributed by atoms with van der Waals surface area (Å²) in [6.07, 6.45) is 0. The van der Waals surface area contributed by atoms with E-state index in [9.17, 15) is 0 Å². The minimum atomic E-state index is 0.750. The van der Waals surface area contributed by atoms with Crippen LogP contribution in [-0.2, 0) is 0 Å². The van der Waals surface area contributed by atoms with Gasteiger partial charge in [-0.15, -0.1) is 0 Å². The lowest BCUT2D eigenvalue weighted by atomic mass is 9.93. The van der Waals surface area contributed by atoms with Crippen LogP contribution in [0.15, 0.2) is 97.1 Å². The van der Waals surface area contributed by atoms with Gasteiger partial charge in [-0.3, -0.25) is 4.98 Å². The number of aryl methyl sites for hydroxylation is 1. The maximum atomic E-state index is 4.95. The fraction of sp³-hybridized carbons (Fsp3) is 0.0333. The molecule has 4 heteroatoms. The molecule has 0 fully saturated rings. The van der Waals surface area contributed by atoms with Crippen molar-refractivity contribution in [1.29, 1.82) is 0 Å². The van der Waals surface area contributed by atoms with Gasteiger partial charge < -0.3 is 0 Å². The Morgan fingerprint density at radius 1 is 0.559 bits per heavy atom. The summed E-state index contributed by atoms with van der Waals surface area (Å²) < 4.78 is 4.73. The Balaban J connectivity index is 1.42. The van der Waals surface area contributed by atoms with Crippen molar-refractivity contribution in [2.75, 3.05) is 0 Å². The van der Waals surface area contributed by atoms with Crippen molar-refractivity contribution < 1.29 is 0 Å². The maximum absolute atomic E-state index is 4.95. The molecule has 0 N–H and O–H groups in total. The summed E-state index contributed by atoms with van der Waals surface area (Å²) in [6, 6.07) is 34.3. The molecule has 0 aliphatic rings. The van der Waals surface area contributed by atoms with Gasteiger partial charge in [0.05, 0.1) is 5.52 Å². The predicted octanol–water partition coefficient (Wildman–Crippen LogP) is 8.19. The molecule has 2 heterocycles. The fourth-order valence-corrected chi connectivity index (χ4v) is 5.61. The normalized spacial score (nSPS) is 11.7.